The molecule has 19 heavy (non-hydrogen) atoms. The zero-order chi connectivity index (χ0) is 13.7. The van der Waals surface area contributed by atoms with E-state index in [1.165, 1.54) is 6.07 Å². The molecule has 0 saturated carbocycles. The van der Waals surface area contributed by atoms with Crippen molar-refractivity contribution in [2.75, 3.05) is 0 Å². The van der Waals surface area contributed by atoms with Crippen molar-refractivity contribution in [1.82, 2.24) is 15.3 Å². The third kappa shape index (κ3) is 3.36. The Bertz CT molecular complexity index is 587. The predicted octanol–water partition coefficient (Wildman–Crippen LogP) is 2.45. The van der Waals surface area contributed by atoms with Crippen molar-refractivity contribution in [1.29, 1.82) is 0 Å². The molecule has 1 N–H and O–H groups in total. The molecule has 0 saturated heterocycles. The van der Waals surface area contributed by atoms with Gasteiger partial charge < -0.3 is 5.32 Å². The standard InChI is InChI=1S/C15H14FN3/c1-3-12-6-7-13(19-9-12)10-18-11(2)15-14(16)5-4-8-17-15/h1,4-9,11,18H,10H2,2H3. The minimum atomic E-state index is -0.307. The minimum Gasteiger partial charge on any atom is -0.303 e. The van der Waals surface area contributed by atoms with Crippen LogP contribution in [0.5, 0.6) is 0 Å². The maximum Gasteiger partial charge on any atom is 0.146 e. The smallest absolute Gasteiger partial charge is 0.146 e. The van der Waals surface area contributed by atoms with Crippen LogP contribution in [0.15, 0.2) is 36.7 Å². The lowest BCUT2D eigenvalue weighted by Gasteiger charge is -2.13. The van der Waals surface area contributed by atoms with Crippen LogP contribution in [-0.2, 0) is 6.54 Å². The first-order valence-electron chi connectivity index (χ1n) is 5.96. The summed E-state index contributed by atoms with van der Waals surface area (Å²) in [6, 6.07) is 6.47. The minimum absolute atomic E-state index is 0.185. The summed E-state index contributed by atoms with van der Waals surface area (Å²) in [7, 11) is 0. The number of nitrogens with zero attached hydrogens (tertiary/aromatic N) is 2. The van der Waals surface area contributed by atoms with Gasteiger partial charge in [-0.2, -0.15) is 0 Å². The molecule has 2 aromatic heterocycles. The zero-order valence-corrected chi connectivity index (χ0v) is 10.6. The SMILES string of the molecule is C#Cc1ccc(CNC(C)c2ncccc2F)nc1. The maximum atomic E-state index is 13.5. The third-order valence-corrected chi connectivity index (χ3v) is 2.78. The number of pyridine rings is 2. The highest BCUT2D eigenvalue weighted by Gasteiger charge is 2.11. The molecule has 2 rings (SSSR count). The molecule has 2 aromatic rings. The molecule has 0 aromatic carbocycles. The average molecular weight is 255 g/mol. The fourth-order valence-electron chi connectivity index (χ4n) is 1.69. The summed E-state index contributed by atoms with van der Waals surface area (Å²) in [4.78, 5) is 8.25. The number of hydrogen-bond donors (Lipinski definition) is 1. The van der Waals surface area contributed by atoms with Crippen LogP contribution in [0.1, 0.15) is 29.9 Å². The van der Waals surface area contributed by atoms with Gasteiger partial charge in [-0.15, -0.1) is 6.42 Å². The van der Waals surface area contributed by atoms with Crippen LogP contribution in [0.25, 0.3) is 0 Å². The van der Waals surface area contributed by atoms with E-state index in [1.54, 1.807) is 18.5 Å². The Kier molecular flexibility index (Phi) is 4.22. The van der Waals surface area contributed by atoms with Crippen molar-refractivity contribution in [3.63, 3.8) is 0 Å². The molecule has 0 amide bonds. The first-order chi connectivity index (χ1) is 9.20. The van der Waals surface area contributed by atoms with Crippen LogP contribution in [0.2, 0.25) is 0 Å². The summed E-state index contributed by atoms with van der Waals surface area (Å²) < 4.78 is 13.5. The summed E-state index contributed by atoms with van der Waals surface area (Å²) in [5, 5.41) is 3.18. The second-order valence-electron chi connectivity index (χ2n) is 4.16. The number of rotatable bonds is 4. The molecule has 3 nitrogen and oxygen atoms in total. The van der Waals surface area contributed by atoms with Gasteiger partial charge in [0.2, 0.25) is 0 Å². The number of terminal acetylenes is 1. The summed E-state index contributed by atoms with van der Waals surface area (Å²) in [6.45, 7) is 2.39. The highest BCUT2D eigenvalue weighted by Crippen LogP contribution is 2.13. The van der Waals surface area contributed by atoms with Gasteiger partial charge in [-0.05, 0) is 31.2 Å². The molecule has 0 aliphatic carbocycles. The van der Waals surface area contributed by atoms with Crippen molar-refractivity contribution in [3.8, 4) is 12.3 Å². The van der Waals surface area contributed by atoms with Crippen LogP contribution in [0.4, 0.5) is 4.39 Å². The van der Waals surface area contributed by atoms with Crippen LogP contribution in [-0.4, -0.2) is 9.97 Å². The number of aromatic nitrogens is 2. The van der Waals surface area contributed by atoms with Gasteiger partial charge in [-0.1, -0.05) is 5.92 Å². The molecule has 0 spiro atoms. The first kappa shape index (κ1) is 13.2. The van der Waals surface area contributed by atoms with Crippen LogP contribution in [0, 0.1) is 18.2 Å². The molecule has 1 atom stereocenters. The fourth-order valence-corrected chi connectivity index (χ4v) is 1.69. The van der Waals surface area contributed by atoms with E-state index in [9.17, 15) is 4.39 Å². The predicted molar refractivity (Wildman–Crippen MR) is 71.6 cm³/mol. The highest BCUT2D eigenvalue weighted by atomic mass is 19.1. The third-order valence-electron chi connectivity index (χ3n) is 2.78. The first-order valence-corrected chi connectivity index (χ1v) is 5.96. The molecule has 96 valence electrons. The molecule has 0 fully saturated rings. The number of nitrogens with one attached hydrogen (secondary N) is 1. The van der Waals surface area contributed by atoms with Gasteiger partial charge in [0.1, 0.15) is 5.82 Å². The molecule has 0 aliphatic rings. The van der Waals surface area contributed by atoms with E-state index in [0.717, 1.165) is 11.3 Å². The quantitative estimate of drug-likeness (QED) is 0.853. The van der Waals surface area contributed by atoms with Crippen molar-refractivity contribution in [2.45, 2.75) is 19.5 Å². The normalized spacial score (nSPS) is 11.8. The summed E-state index contributed by atoms with van der Waals surface area (Å²) >= 11 is 0. The maximum absolute atomic E-state index is 13.5. The lowest BCUT2D eigenvalue weighted by Crippen LogP contribution is -2.20. The molecule has 0 aliphatic heterocycles. The molecule has 2 heterocycles. The average Bonchev–Trinajstić information content (AvgIpc) is 2.46. The van der Waals surface area contributed by atoms with E-state index < -0.39 is 0 Å². The largest absolute Gasteiger partial charge is 0.303 e. The Balaban J connectivity index is 1.98. The summed E-state index contributed by atoms with van der Waals surface area (Å²) in [5.74, 6) is 2.20. The number of hydrogen-bond acceptors (Lipinski definition) is 3. The van der Waals surface area contributed by atoms with Gasteiger partial charge in [-0.25, -0.2) is 4.39 Å². The molecule has 0 bridgehead atoms. The van der Waals surface area contributed by atoms with Crippen molar-refractivity contribution in [3.05, 3.63) is 59.4 Å². The molecular weight excluding hydrogens is 241 g/mol. The zero-order valence-electron chi connectivity index (χ0n) is 10.6. The molecule has 0 radical (unpaired) electrons. The van der Waals surface area contributed by atoms with Crippen molar-refractivity contribution in [2.24, 2.45) is 0 Å². The Morgan fingerprint density at radius 1 is 1.37 bits per heavy atom. The monoisotopic (exact) mass is 255 g/mol. The second-order valence-corrected chi connectivity index (χ2v) is 4.16. The Morgan fingerprint density at radius 2 is 2.21 bits per heavy atom. The van der Waals surface area contributed by atoms with Gasteiger partial charge in [0, 0.05) is 30.5 Å². The molecular formula is C15H14FN3. The Hall–Kier alpha value is -2.25. The van der Waals surface area contributed by atoms with E-state index in [4.69, 9.17) is 6.42 Å². The molecule has 4 heteroatoms. The summed E-state index contributed by atoms with van der Waals surface area (Å²) in [5.41, 5.74) is 2.00. The highest BCUT2D eigenvalue weighted by molar-refractivity contribution is 5.29. The lowest BCUT2D eigenvalue weighted by molar-refractivity contribution is 0.509. The van der Waals surface area contributed by atoms with Gasteiger partial charge in [0.25, 0.3) is 0 Å². The van der Waals surface area contributed by atoms with E-state index in [2.05, 4.69) is 21.2 Å². The van der Waals surface area contributed by atoms with E-state index in [1.807, 2.05) is 19.1 Å². The van der Waals surface area contributed by atoms with Gasteiger partial charge in [-0.3, -0.25) is 9.97 Å². The van der Waals surface area contributed by atoms with Gasteiger partial charge in [0.15, 0.2) is 0 Å². The second kappa shape index (κ2) is 6.07. The Labute approximate surface area is 111 Å². The van der Waals surface area contributed by atoms with E-state index >= 15 is 0 Å². The van der Waals surface area contributed by atoms with E-state index in [0.29, 0.717) is 12.2 Å². The van der Waals surface area contributed by atoms with Crippen LogP contribution < -0.4 is 5.32 Å². The van der Waals surface area contributed by atoms with Gasteiger partial charge in [0.05, 0.1) is 11.4 Å². The van der Waals surface area contributed by atoms with Crippen LogP contribution >= 0.6 is 0 Å². The Morgan fingerprint density at radius 3 is 2.84 bits per heavy atom. The fraction of sp³-hybridized carbons (Fsp3) is 0.200. The van der Waals surface area contributed by atoms with Crippen molar-refractivity contribution >= 4 is 0 Å². The molecule has 1 unspecified atom stereocenters. The van der Waals surface area contributed by atoms with E-state index in [-0.39, 0.29) is 11.9 Å². The number of halogens is 1. The van der Waals surface area contributed by atoms with Gasteiger partial charge >= 0.3 is 0 Å². The summed E-state index contributed by atoms with van der Waals surface area (Å²) in [6.07, 6.45) is 8.48. The van der Waals surface area contributed by atoms with Crippen molar-refractivity contribution < 1.29 is 4.39 Å². The lowest BCUT2D eigenvalue weighted by atomic mass is 10.2. The topological polar surface area (TPSA) is 37.8 Å². The van der Waals surface area contributed by atoms with Crippen LogP contribution in [0.3, 0.4) is 0 Å².